The third kappa shape index (κ3) is 5.41. The fourth-order valence-corrected chi connectivity index (χ4v) is 4.61. The molecule has 0 atom stereocenters. The summed E-state index contributed by atoms with van der Waals surface area (Å²) in [5.41, 5.74) is 0.548. The number of anilines is 2. The number of hydrogen-bond donors (Lipinski definition) is 0. The van der Waals surface area contributed by atoms with Gasteiger partial charge in [0.25, 0.3) is 5.78 Å². The number of aromatic nitrogens is 4. The number of halogens is 7. The van der Waals surface area contributed by atoms with Crippen molar-refractivity contribution in [3.8, 4) is 22.6 Å². The van der Waals surface area contributed by atoms with Crippen molar-refractivity contribution in [2.75, 3.05) is 11.9 Å². The third-order valence-electron chi connectivity index (χ3n) is 6.78. The fraction of sp³-hybridized carbons (Fsp3) is 0.100. The van der Waals surface area contributed by atoms with Crippen LogP contribution in [0, 0.1) is 6.08 Å². The quantitative estimate of drug-likeness (QED) is 0.186. The van der Waals surface area contributed by atoms with Crippen LogP contribution in [0.2, 0.25) is 0 Å². The van der Waals surface area contributed by atoms with Gasteiger partial charge in [-0.15, -0.1) is 5.10 Å². The summed E-state index contributed by atoms with van der Waals surface area (Å²) < 4.78 is 99.4. The van der Waals surface area contributed by atoms with E-state index in [0.717, 1.165) is 28.7 Å². The van der Waals surface area contributed by atoms with Crippen LogP contribution in [0.1, 0.15) is 11.1 Å². The molecule has 0 saturated heterocycles. The lowest BCUT2D eigenvalue weighted by Gasteiger charge is -2.21. The van der Waals surface area contributed by atoms with E-state index in [1.165, 1.54) is 30.3 Å². The van der Waals surface area contributed by atoms with Crippen molar-refractivity contribution in [1.29, 1.82) is 0 Å². The lowest BCUT2D eigenvalue weighted by molar-refractivity contribution is -0.138. The molecule has 0 amide bonds. The van der Waals surface area contributed by atoms with Crippen LogP contribution in [0.25, 0.3) is 27.8 Å². The van der Waals surface area contributed by atoms with E-state index in [0.29, 0.717) is 28.0 Å². The van der Waals surface area contributed by atoms with Gasteiger partial charge in [-0.3, -0.25) is 0 Å². The Morgan fingerprint density at radius 2 is 1.33 bits per heavy atom. The van der Waals surface area contributed by atoms with Gasteiger partial charge in [0.1, 0.15) is 17.3 Å². The van der Waals surface area contributed by atoms with Crippen molar-refractivity contribution in [1.82, 2.24) is 19.6 Å². The van der Waals surface area contributed by atoms with Gasteiger partial charge in [-0.05, 0) is 71.8 Å². The Balaban J connectivity index is 1.38. The van der Waals surface area contributed by atoms with Crippen LogP contribution in [-0.4, -0.2) is 26.6 Å². The Bertz CT molecular complexity index is 1950. The zero-order valence-electron chi connectivity index (χ0n) is 22.0. The average Bonchev–Trinajstić information content (AvgIpc) is 3.36. The zero-order valence-corrected chi connectivity index (χ0v) is 22.0. The van der Waals surface area contributed by atoms with Crippen LogP contribution < -0.4 is 9.64 Å². The summed E-state index contributed by atoms with van der Waals surface area (Å²) in [4.78, 5) is 6.20. The third-order valence-corrected chi connectivity index (χ3v) is 6.78. The van der Waals surface area contributed by atoms with Crippen LogP contribution in [0.4, 0.5) is 42.2 Å². The summed E-state index contributed by atoms with van der Waals surface area (Å²) >= 11 is 0. The first-order chi connectivity index (χ1) is 20.4. The van der Waals surface area contributed by atoms with Crippen molar-refractivity contribution in [3.63, 3.8) is 0 Å². The first kappa shape index (κ1) is 27.9. The number of fused-ring (bicyclic) bond motifs is 3. The van der Waals surface area contributed by atoms with Gasteiger partial charge in [-0.25, -0.2) is 4.40 Å². The number of benzene rings is 4. The zero-order chi connectivity index (χ0) is 30.5. The summed E-state index contributed by atoms with van der Waals surface area (Å²) in [5.74, 6) is 0.656. The molecule has 2 heterocycles. The summed E-state index contributed by atoms with van der Waals surface area (Å²) in [6, 6.07) is 20.7. The lowest BCUT2D eigenvalue weighted by atomic mass is 10.0. The highest BCUT2D eigenvalue weighted by molar-refractivity contribution is 5.94. The van der Waals surface area contributed by atoms with E-state index < -0.39 is 29.6 Å². The first-order valence-corrected chi connectivity index (χ1v) is 12.6. The molecule has 0 saturated carbocycles. The minimum atomic E-state index is -4.49. The fourth-order valence-electron chi connectivity index (χ4n) is 4.61. The predicted octanol–water partition coefficient (Wildman–Crippen LogP) is 8.68. The Kier molecular flexibility index (Phi) is 6.67. The molecule has 0 aliphatic heterocycles. The molecule has 0 aliphatic rings. The maximum absolute atomic E-state index is 14.7. The van der Waals surface area contributed by atoms with E-state index in [9.17, 15) is 30.7 Å². The van der Waals surface area contributed by atoms with Gasteiger partial charge in [0.05, 0.1) is 16.6 Å². The summed E-state index contributed by atoms with van der Waals surface area (Å²) in [7, 11) is 1.71. The summed E-state index contributed by atoms with van der Waals surface area (Å²) in [6.45, 7) is 0. The van der Waals surface area contributed by atoms with Gasteiger partial charge < -0.3 is 9.64 Å². The monoisotopic (exact) mass is 597 g/mol. The van der Waals surface area contributed by atoms with Gasteiger partial charge >= 0.3 is 18.4 Å². The molecule has 218 valence electrons. The molecular formula is C30H18F7N5O. The number of hydrogen-bond acceptors (Lipinski definition) is 5. The van der Waals surface area contributed by atoms with Crippen molar-refractivity contribution >= 4 is 28.2 Å². The molecule has 0 spiro atoms. The molecule has 43 heavy (non-hydrogen) atoms. The highest BCUT2D eigenvalue weighted by Crippen LogP contribution is 2.37. The molecular weight excluding hydrogens is 579 g/mol. The lowest BCUT2D eigenvalue weighted by Crippen LogP contribution is -2.13. The van der Waals surface area contributed by atoms with Crippen LogP contribution >= 0.6 is 0 Å². The SMILES string of the molecule is CN(c1cccc(-c2ccc(C(F)(F)F)cc2)c1)c1nc2nnc(F)n2c2cc(Oc3ccc(C(F)(F)F)cc3)ccc12. The van der Waals surface area contributed by atoms with Crippen LogP contribution in [0.5, 0.6) is 11.5 Å². The van der Waals surface area contributed by atoms with E-state index in [1.807, 2.05) is 0 Å². The molecule has 2 aromatic heterocycles. The molecule has 6 nitrogen and oxygen atoms in total. The molecule has 6 rings (SSSR count). The Morgan fingerprint density at radius 3 is 1.98 bits per heavy atom. The summed E-state index contributed by atoms with van der Waals surface area (Å²) in [5, 5.41) is 7.75. The van der Waals surface area contributed by atoms with E-state index in [2.05, 4.69) is 15.2 Å². The summed E-state index contributed by atoms with van der Waals surface area (Å²) in [6.07, 6.45) is -9.88. The average molecular weight is 597 g/mol. The first-order valence-electron chi connectivity index (χ1n) is 12.6. The van der Waals surface area contributed by atoms with Crippen molar-refractivity contribution in [2.24, 2.45) is 0 Å². The largest absolute Gasteiger partial charge is 0.457 e. The molecule has 0 radical (unpaired) electrons. The van der Waals surface area contributed by atoms with Crippen molar-refractivity contribution in [2.45, 2.75) is 12.4 Å². The standard InChI is InChI=1S/C30H18F7N5O/c1-41(21-4-2-3-18(15-21)17-5-7-19(8-6-17)29(32,33)34)26-24-14-13-23(16-25(24)42-27(31)39-40-28(42)38-26)43-22-11-9-20(10-12-22)30(35,36)37/h2-16H,1H3. The molecule has 0 unspecified atom stereocenters. The molecule has 0 bridgehead atoms. The molecule has 0 aliphatic carbocycles. The van der Waals surface area contributed by atoms with Crippen LogP contribution in [0.3, 0.4) is 0 Å². The van der Waals surface area contributed by atoms with Crippen molar-refractivity contribution in [3.05, 3.63) is 108 Å². The predicted molar refractivity (Wildman–Crippen MR) is 145 cm³/mol. The van der Waals surface area contributed by atoms with E-state index in [4.69, 9.17) is 4.74 Å². The second kappa shape index (κ2) is 10.3. The van der Waals surface area contributed by atoms with Crippen LogP contribution in [0.15, 0.2) is 91.0 Å². The van der Waals surface area contributed by atoms with Gasteiger partial charge in [-0.1, -0.05) is 29.4 Å². The molecule has 0 N–H and O–H groups in total. The van der Waals surface area contributed by atoms with E-state index >= 15 is 0 Å². The Hall–Kier alpha value is -5.20. The number of nitrogens with zero attached hydrogens (tertiary/aromatic N) is 5. The highest BCUT2D eigenvalue weighted by Gasteiger charge is 2.31. The van der Waals surface area contributed by atoms with Gasteiger partial charge in [0, 0.05) is 24.2 Å². The Morgan fingerprint density at radius 1 is 0.698 bits per heavy atom. The molecule has 6 aromatic rings. The number of alkyl halides is 6. The normalized spacial score (nSPS) is 12.2. The molecule has 4 aromatic carbocycles. The topological polar surface area (TPSA) is 55.6 Å². The van der Waals surface area contributed by atoms with E-state index in [-0.39, 0.29) is 22.8 Å². The highest BCUT2D eigenvalue weighted by atomic mass is 19.4. The van der Waals surface area contributed by atoms with Gasteiger partial charge in [0.15, 0.2) is 0 Å². The molecule has 0 fully saturated rings. The van der Waals surface area contributed by atoms with Gasteiger partial charge in [-0.2, -0.15) is 35.7 Å². The maximum atomic E-state index is 14.7. The Labute approximate surface area is 238 Å². The van der Waals surface area contributed by atoms with Gasteiger partial charge in [0.2, 0.25) is 0 Å². The second-order valence-corrected chi connectivity index (χ2v) is 9.53. The van der Waals surface area contributed by atoms with Crippen LogP contribution in [-0.2, 0) is 12.4 Å². The second-order valence-electron chi connectivity index (χ2n) is 9.53. The minimum Gasteiger partial charge on any atom is -0.457 e. The number of rotatable bonds is 5. The molecule has 13 heteroatoms. The minimum absolute atomic E-state index is 0.0579. The smallest absolute Gasteiger partial charge is 0.416 e. The van der Waals surface area contributed by atoms with Crippen molar-refractivity contribution < 1.29 is 35.5 Å². The van der Waals surface area contributed by atoms with E-state index in [1.54, 1.807) is 48.3 Å². The number of ether oxygens (including phenoxy) is 1. The maximum Gasteiger partial charge on any atom is 0.416 e.